The lowest BCUT2D eigenvalue weighted by molar-refractivity contribution is -0.144. The summed E-state index contributed by atoms with van der Waals surface area (Å²) in [4.78, 5) is 30.6. The third-order valence-corrected chi connectivity index (χ3v) is 5.65. The highest BCUT2D eigenvalue weighted by atomic mass is 32.1. The highest BCUT2D eigenvalue weighted by Gasteiger charge is 2.34. The van der Waals surface area contributed by atoms with Gasteiger partial charge in [0.1, 0.15) is 0 Å². The Labute approximate surface area is 190 Å². The lowest BCUT2D eigenvalue weighted by atomic mass is 9.98. The molecular formula is C23H19F3N4O2S. The van der Waals surface area contributed by atoms with Gasteiger partial charge in [-0.1, -0.05) is 36.4 Å². The van der Waals surface area contributed by atoms with E-state index in [0.717, 1.165) is 5.56 Å². The highest BCUT2D eigenvalue weighted by Crippen LogP contribution is 2.30. The average molecular weight is 472 g/mol. The summed E-state index contributed by atoms with van der Waals surface area (Å²) >= 11 is 1.41. The van der Waals surface area contributed by atoms with Crippen LogP contribution in [-0.4, -0.2) is 28.3 Å². The minimum atomic E-state index is -4.58. The smallest absolute Gasteiger partial charge is 0.351 e. The molecule has 0 radical (unpaired) electrons. The van der Waals surface area contributed by atoms with Gasteiger partial charge in [0.25, 0.3) is 5.91 Å². The summed E-state index contributed by atoms with van der Waals surface area (Å²) in [6, 6.07) is 14.9. The van der Waals surface area contributed by atoms with Crippen LogP contribution in [0.1, 0.15) is 39.8 Å². The number of amides is 2. The molecule has 0 saturated carbocycles. The lowest BCUT2D eigenvalue weighted by Gasteiger charge is -2.20. The fourth-order valence-corrected chi connectivity index (χ4v) is 4.00. The number of nitrogens with zero attached hydrogens (tertiary/aromatic N) is 1. The molecule has 4 aromatic rings. The van der Waals surface area contributed by atoms with Crippen molar-refractivity contribution in [2.75, 3.05) is 6.54 Å². The normalized spacial score (nSPS) is 12.5. The molecule has 6 nitrogen and oxygen atoms in total. The highest BCUT2D eigenvalue weighted by molar-refractivity contribution is 7.08. The summed E-state index contributed by atoms with van der Waals surface area (Å²) in [6.07, 6.45) is -4.54. The summed E-state index contributed by atoms with van der Waals surface area (Å²) in [7, 11) is 0. The van der Waals surface area contributed by atoms with Gasteiger partial charge in [-0.2, -0.15) is 24.5 Å². The number of hydrogen-bond donors (Lipinski definition) is 3. The summed E-state index contributed by atoms with van der Waals surface area (Å²) in [5.41, 5.74) is 2.30. The van der Waals surface area contributed by atoms with Crippen molar-refractivity contribution in [1.29, 1.82) is 0 Å². The molecule has 4 rings (SSSR count). The van der Waals surface area contributed by atoms with E-state index in [2.05, 4.69) is 20.6 Å². The third kappa shape index (κ3) is 5.40. The minimum absolute atomic E-state index is 0.0454. The van der Waals surface area contributed by atoms with E-state index in [0.29, 0.717) is 11.1 Å². The molecule has 0 bridgehead atoms. The van der Waals surface area contributed by atoms with Crippen molar-refractivity contribution in [2.45, 2.75) is 18.6 Å². The van der Waals surface area contributed by atoms with Crippen molar-refractivity contribution in [1.82, 2.24) is 20.6 Å². The van der Waals surface area contributed by atoms with Gasteiger partial charge in [0.2, 0.25) is 11.7 Å². The lowest BCUT2D eigenvalue weighted by Crippen LogP contribution is -2.33. The van der Waals surface area contributed by atoms with E-state index in [1.54, 1.807) is 29.0 Å². The fourth-order valence-electron chi connectivity index (χ4n) is 3.36. The molecular weight excluding hydrogens is 453 g/mol. The first-order chi connectivity index (χ1) is 15.8. The first-order valence-corrected chi connectivity index (χ1v) is 11.0. The van der Waals surface area contributed by atoms with Gasteiger partial charge in [-0.3, -0.25) is 9.59 Å². The van der Waals surface area contributed by atoms with Gasteiger partial charge in [-0.05, 0) is 34.7 Å². The number of hydrogen-bond acceptors (Lipinski definition) is 4. The van der Waals surface area contributed by atoms with Crippen molar-refractivity contribution >= 4 is 34.2 Å². The number of aromatic amines is 1. The first-order valence-electron chi connectivity index (χ1n) is 10.0. The largest absolute Gasteiger partial charge is 0.449 e. The maximum Gasteiger partial charge on any atom is 0.449 e. The molecule has 33 heavy (non-hydrogen) atoms. The van der Waals surface area contributed by atoms with Crippen molar-refractivity contribution < 1.29 is 22.8 Å². The first kappa shape index (κ1) is 22.5. The SMILES string of the molecule is O=C(CCNC(=O)c1ccsc1)N[C@@H](c1ccccc1)c1ccc2nc(C(F)(F)F)[nH]c2c1. The van der Waals surface area contributed by atoms with Gasteiger partial charge in [0.15, 0.2) is 0 Å². The Balaban J connectivity index is 1.51. The second-order valence-corrected chi connectivity index (χ2v) is 8.07. The van der Waals surface area contributed by atoms with Crippen LogP contribution in [0.25, 0.3) is 11.0 Å². The number of carbonyl (C=O) groups excluding carboxylic acids is 2. The number of rotatable bonds is 7. The molecule has 0 fully saturated rings. The molecule has 2 aromatic heterocycles. The summed E-state index contributed by atoms with van der Waals surface area (Å²) in [6.45, 7) is 0.149. The molecule has 0 aliphatic carbocycles. The molecule has 10 heteroatoms. The number of imidazole rings is 1. The number of alkyl halides is 3. The van der Waals surface area contributed by atoms with E-state index >= 15 is 0 Å². The summed E-state index contributed by atoms with van der Waals surface area (Å²) < 4.78 is 39.0. The summed E-state index contributed by atoms with van der Waals surface area (Å²) in [5.74, 6) is -1.64. The van der Waals surface area contributed by atoms with Crippen LogP contribution in [-0.2, 0) is 11.0 Å². The van der Waals surface area contributed by atoms with Gasteiger partial charge < -0.3 is 15.6 Å². The Bertz CT molecular complexity index is 1250. The quantitative estimate of drug-likeness (QED) is 0.365. The van der Waals surface area contributed by atoms with Crippen LogP contribution in [0, 0.1) is 0 Å². The van der Waals surface area contributed by atoms with Crippen LogP contribution in [0.15, 0.2) is 65.4 Å². The zero-order chi connectivity index (χ0) is 23.4. The van der Waals surface area contributed by atoms with Gasteiger partial charge in [-0.15, -0.1) is 0 Å². The number of benzene rings is 2. The van der Waals surface area contributed by atoms with Crippen LogP contribution >= 0.6 is 11.3 Å². The zero-order valence-electron chi connectivity index (χ0n) is 17.1. The van der Waals surface area contributed by atoms with Crippen molar-refractivity contribution in [3.63, 3.8) is 0 Å². The fraction of sp³-hybridized carbons (Fsp3) is 0.174. The molecule has 3 N–H and O–H groups in total. The molecule has 0 saturated heterocycles. The van der Waals surface area contributed by atoms with Gasteiger partial charge in [0.05, 0.1) is 17.1 Å². The van der Waals surface area contributed by atoms with Crippen molar-refractivity contribution in [3.05, 3.63) is 87.9 Å². The second-order valence-electron chi connectivity index (χ2n) is 7.29. The number of carbonyl (C=O) groups is 2. The topological polar surface area (TPSA) is 86.9 Å². The van der Waals surface area contributed by atoms with Crippen LogP contribution in [0.3, 0.4) is 0 Å². The molecule has 0 aliphatic rings. The Hall–Kier alpha value is -3.66. The maximum absolute atomic E-state index is 13.0. The zero-order valence-corrected chi connectivity index (χ0v) is 18.0. The minimum Gasteiger partial charge on any atom is -0.351 e. The summed E-state index contributed by atoms with van der Waals surface area (Å²) in [5, 5.41) is 9.12. The van der Waals surface area contributed by atoms with E-state index in [1.165, 1.54) is 17.4 Å². The van der Waals surface area contributed by atoms with Crippen LogP contribution in [0.2, 0.25) is 0 Å². The van der Waals surface area contributed by atoms with E-state index in [4.69, 9.17) is 0 Å². The Morgan fingerprint density at radius 1 is 1.06 bits per heavy atom. The van der Waals surface area contributed by atoms with Crippen LogP contribution < -0.4 is 10.6 Å². The monoisotopic (exact) mass is 472 g/mol. The Morgan fingerprint density at radius 3 is 2.55 bits per heavy atom. The number of H-pyrrole nitrogens is 1. The molecule has 0 spiro atoms. The third-order valence-electron chi connectivity index (χ3n) is 4.97. The number of halogens is 3. The predicted molar refractivity (Wildman–Crippen MR) is 119 cm³/mol. The Kier molecular flexibility index (Phi) is 6.45. The van der Waals surface area contributed by atoms with E-state index in [9.17, 15) is 22.8 Å². The van der Waals surface area contributed by atoms with Crippen LogP contribution in [0.5, 0.6) is 0 Å². The van der Waals surface area contributed by atoms with Crippen molar-refractivity contribution in [3.8, 4) is 0 Å². The molecule has 0 unspecified atom stereocenters. The molecule has 1 atom stereocenters. The van der Waals surface area contributed by atoms with Crippen LogP contribution in [0.4, 0.5) is 13.2 Å². The predicted octanol–water partition coefficient (Wildman–Crippen LogP) is 4.67. The van der Waals surface area contributed by atoms with E-state index in [1.807, 2.05) is 30.3 Å². The van der Waals surface area contributed by atoms with Crippen molar-refractivity contribution in [2.24, 2.45) is 0 Å². The van der Waals surface area contributed by atoms with Gasteiger partial charge in [-0.25, -0.2) is 4.98 Å². The standard InChI is InChI=1S/C23H19F3N4O2S/c24-23(25,26)22-28-17-7-6-15(12-18(17)29-22)20(14-4-2-1-3-5-14)30-19(31)8-10-27-21(32)16-9-11-33-13-16/h1-7,9,11-13,20H,8,10H2,(H,27,32)(H,28,29)(H,30,31)/t20-/m0/s1. The molecule has 0 aliphatic heterocycles. The number of thiophene rings is 1. The van der Waals surface area contributed by atoms with E-state index < -0.39 is 18.0 Å². The number of fused-ring (bicyclic) bond motifs is 1. The molecule has 170 valence electrons. The maximum atomic E-state index is 13.0. The molecule has 2 amide bonds. The van der Waals surface area contributed by atoms with E-state index in [-0.39, 0.29) is 35.8 Å². The van der Waals surface area contributed by atoms with Gasteiger partial charge in [0, 0.05) is 23.9 Å². The number of aromatic nitrogens is 2. The molecule has 2 heterocycles. The van der Waals surface area contributed by atoms with Gasteiger partial charge >= 0.3 is 6.18 Å². The second kappa shape index (κ2) is 9.45. The number of nitrogens with one attached hydrogen (secondary N) is 3. The molecule has 2 aromatic carbocycles. The Morgan fingerprint density at radius 2 is 1.85 bits per heavy atom. The average Bonchev–Trinajstić information content (AvgIpc) is 3.47.